The fourth-order valence-electron chi connectivity index (χ4n) is 2.64. The highest BCUT2D eigenvalue weighted by Gasteiger charge is 2.57. The normalized spacial score (nSPS) is 22.8. The van der Waals surface area contributed by atoms with E-state index in [1.165, 1.54) is 12.1 Å². The molecule has 24 heavy (non-hydrogen) atoms. The molecule has 0 saturated heterocycles. The molecule has 3 rings (SSSR count). The van der Waals surface area contributed by atoms with Crippen molar-refractivity contribution in [2.45, 2.75) is 18.8 Å². The molecule has 1 aliphatic carbocycles. The molecule has 7 heteroatoms. The van der Waals surface area contributed by atoms with Crippen LogP contribution in [0.4, 0.5) is 13.2 Å². The lowest BCUT2D eigenvalue weighted by Gasteiger charge is -2.26. The number of amidine groups is 1. The topological polar surface area (TPSA) is 28.0 Å². The van der Waals surface area contributed by atoms with Crippen molar-refractivity contribution in [3.63, 3.8) is 0 Å². The molecule has 0 amide bonds. The van der Waals surface area contributed by atoms with Crippen molar-refractivity contribution in [3.8, 4) is 0 Å². The van der Waals surface area contributed by atoms with E-state index in [1.807, 2.05) is 0 Å². The second-order valence-electron chi connectivity index (χ2n) is 5.80. The molecule has 1 saturated carbocycles. The third kappa shape index (κ3) is 3.53. The van der Waals surface area contributed by atoms with E-state index in [9.17, 15) is 13.2 Å². The molecule has 0 aromatic heterocycles. The first-order valence-corrected chi connectivity index (χ1v) is 7.78. The molecule has 1 aromatic carbocycles. The number of rotatable bonds is 4. The largest absolute Gasteiger partial charge is 0.330 e. The minimum Gasteiger partial charge on any atom is -0.330 e. The van der Waals surface area contributed by atoms with Gasteiger partial charge in [0.05, 0.1) is 6.54 Å². The Morgan fingerprint density at radius 3 is 2.75 bits per heavy atom. The van der Waals surface area contributed by atoms with Crippen LogP contribution in [0.1, 0.15) is 18.4 Å². The molecule has 0 radical (unpaired) electrons. The van der Waals surface area contributed by atoms with Gasteiger partial charge in [-0.15, -0.1) is 5.10 Å². The second kappa shape index (κ2) is 6.43. The first-order valence-electron chi connectivity index (χ1n) is 7.40. The average molecular weight is 354 g/mol. The highest BCUT2D eigenvalue weighted by molar-refractivity contribution is 6.33. The van der Waals surface area contributed by atoms with Crippen LogP contribution in [0.3, 0.4) is 0 Å². The van der Waals surface area contributed by atoms with Gasteiger partial charge in [-0.3, -0.25) is 0 Å². The molecule has 1 aromatic rings. The van der Waals surface area contributed by atoms with Gasteiger partial charge in [0.1, 0.15) is 11.7 Å². The minimum absolute atomic E-state index is 0.107. The fraction of sp³-hybridized carbons (Fsp3) is 0.294. The van der Waals surface area contributed by atoms with E-state index in [2.05, 4.69) is 16.9 Å². The van der Waals surface area contributed by atoms with Crippen LogP contribution in [0.5, 0.6) is 0 Å². The van der Waals surface area contributed by atoms with Crippen molar-refractivity contribution >= 4 is 29.7 Å². The summed E-state index contributed by atoms with van der Waals surface area (Å²) in [7, 11) is 0. The van der Waals surface area contributed by atoms with Gasteiger partial charge in [-0.1, -0.05) is 23.7 Å². The van der Waals surface area contributed by atoms with E-state index in [0.29, 0.717) is 22.0 Å². The molecule has 1 unspecified atom stereocenters. The Balaban J connectivity index is 1.77. The van der Waals surface area contributed by atoms with Gasteiger partial charge >= 0.3 is 0 Å². The van der Waals surface area contributed by atoms with Gasteiger partial charge in [0.15, 0.2) is 0 Å². The Morgan fingerprint density at radius 1 is 1.42 bits per heavy atom. The second-order valence-corrected chi connectivity index (χ2v) is 6.25. The van der Waals surface area contributed by atoms with Gasteiger partial charge < -0.3 is 4.90 Å². The van der Waals surface area contributed by atoms with E-state index in [0.717, 1.165) is 0 Å². The molecule has 1 atom stereocenters. The third-order valence-electron chi connectivity index (χ3n) is 4.06. The maximum Gasteiger partial charge on any atom is 0.252 e. The molecule has 0 N–H and O–H groups in total. The summed E-state index contributed by atoms with van der Waals surface area (Å²) in [6.07, 6.45) is 3.37. The summed E-state index contributed by atoms with van der Waals surface area (Å²) in [5.41, 5.74) is 1.35. The summed E-state index contributed by atoms with van der Waals surface area (Å²) in [6.45, 7) is 3.55. The fourth-order valence-corrected chi connectivity index (χ4v) is 2.94. The smallest absolute Gasteiger partial charge is 0.252 e. The summed E-state index contributed by atoms with van der Waals surface area (Å²) < 4.78 is 39.7. The highest BCUT2D eigenvalue weighted by atomic mass is 35.5. The van der Waals surface area contributed by atoms with Gasteiger partial charge in [0, 0.05) is 36.7 Å². The summed E-state index contributed by atoms with van der Waals surface area (Å²) in [5, 5.41) is 7.81. The van der Waals surface area contributed by atoms with Crippen LogP contribution in [0.25, 0.3) is 5.57 Å². The third-order valence-corrected chi connectivity index (χ3v) is 4.38. The molecule has 1 fully saturated rings. The van der Waals surface area contributed by atoms with Crippen LogP contribution in [0.2, 0.25) is 0 Å². The number of alkyl halides is 2. The zero-order valence-corrected chi connectivity index (χ0v) is 13.5. The lowest BCUT2D eigenvalue weighted by Crippen LogP contribution is -2.30. The number of allylic oxidation sites excluding steroid dienone is 2. The first kappa shape index (κ1) is 16.8. The molecule has 0 bridgehead atoms. The Bertz CT molecular complexity index is 755. The predicted molar refractivity (Wildman–Crippen MR) is 89.7 cm³/mol. The first-order chi connectivity index (χ1) is 11.4. The van der Waals surface area contributed by atoms with E-state index < -0.39 is 11.8 Å². The van der Waals surface area contributed by atoms with Gasteiger partial charge in [0.25, 0.3) is 5.92 Å². The van der Waals surface area contributed by atoms with E-state index in [-0.39, 0.29) is 25.2 Å². The lowest BCUT2D eigenvalue weighted by molar-refractivity contribution is 0.0998. The lowest BCUT2D eigenvalue weighted by atomic mass is 10.0. The Morgan fingerprint density at radius 2 is 2.17 bits per heavy atom. The SMILES string of the molecule is C=N/N=C(/CC1CC1(F)F)N1C=CC(c2cccc(F)c2)=C(Cl)C1. The quantitative estimate of drug-likeness (QED) is 0.439. The number of benzene rings is 1. The monoisotopic (exact) mass is 353 g/mol. The summed E-state index contributed by atoms with van der Waals surface area (Å²) >= 11 is 6.33. The van der Waals surface area contributed by atoms with Gasteiger partial charge in [0.2, 0.25) is 0 Å². The highest BCUT2D eigenvalue weighted by Crippen LogP contribution is 2.51. The maximum absolute atomic E-state index is 13.4. The Hall–Kier alpha value is -2.08. The number of halogens is 4. The Labute approximate surface area is 142 Å². The molecular formula is C17H15ClF3N3. The van der Waals surface area contributed by atoms with Crippen molar-refractivity contribution in [2.24, 2.45) is 16.1 Å². The Kier molecular flexibility index (Phi) is 4.49. The number of hydrogen-bond donors (Lipinski definition) is 0. The molecular weight excluding hydrogens is 339 g/mol. The summed E-state index contributed by atoms with van der Waals surface area (Å²) in [6, 6.07) is 6.10. The summed E-state index contributed by atoms with van der Waals surface area (Å²) in [5.74, 6) is -3.32. The number of hydrogen-bond acceptors (Lipinski definition) is 2. The molecule has 1 aliphatic heterocycles. The zero-order valence-electron chi connectivity index (χ0n) is 12.7. The number of nitrogens with zero attached hydrogens (tertiary/aromatic N) is 3. The van der Waals surface area contributed by atoms with Crippen molar-refractivity contribution < 1.29 is 13.2 Å². The minimum atomic E-state index is -2.63. The molecule has 0 spiro atoms. The van der Waals surface area contributed by atoms with Crippen LogP contribution in [0.15, 0.2) is 51.8 Å². The van der Waals surface area contributed by atoms with Crippen molar-refractivity contribution in [1.82, 2.24) is 4.90 Å². The molecule has 1 heterocycles. The van der Waals surface area contributed by atoms with Gasteiger partial charge in [-0.25, -0.2) is 13.2 Å². The van der Waals surface area contributed by atoms with Crippen LogP contribution < -0.4 is 0 Å². The average Bonchev–Trinajstić information content (AvgIpc) is 3.13. The van der Waals surface area contributed by atoms with Gasteiger partial charge in [-0.2, -0.15) is 5.10 Å². The summed E-state index contributed by atoms with van der Waals surface area (Å²) in [4.78, 5) is 1.66. The van der Waals surface area contributed by atoms with Crippen molar-refractivity contribution in [1.29, 1.82) is 0 Å². The predicted octanol–water partition coefficient (Wildman–Crippen LogP) is 4.66. The van der Waals surface area contributed by atoms with Crippen molar-refractivity contribution in [3.05, 3.63) is 53.0 Å². The zero-order chi connectivity index (χ0) is 17.3. The molecule has 3 nitrogen and oxygen atoms in total. The van der Waals surface area contributed by atoms with Crippen LogP contribution in [-0.4, -0.2) is 29.9 Å². The molecule has 126 valence electrons. The standard InChI is InChI=1S/C17H15ClF3N3/c1-22-23-16(8-12-9-17(12,20)21)24-6-5-14(15(18)10-24)11-3-2-4-13(19)7-11/h2-7,12H,1,8-10H2/b23-16-. The maximum atomic E-state index is 13.4. The van der Waals surface area contributed by atoms with E-state index in [4.69, 9.17) is 11.6 Å². The molecule has 2 aliphatic rings. The van der Waals surface area contributed by atoms with Crippen molar-refractivity contribution in [2.75, 3.05) is 6.54 Å². The van der Waals surface area contributed by atoms with Gasteiger partial charge in [-0.05, 0) is 29.3 Å². The van der Waals surface area contributed by atoms with Crippen LogP contribution in [-0.2, 0) is 0 Å². The van der Waals surface area contributed by atoms with E-state index in [1.54, 1.807) is 29.3 Å². The van der Waals surface area contributed by atoms with Crippen LogP contribution >= 0.6 is 11.6 Å². The van der Waals surface area contributed by atoms with E-state index >= 15 is 0 Å². The van der Waals surface area contributed by atoms with Crippen LogP contribution in [0, 0.1) is 11.7 Å².